The van der Waals surface area contributed by atoms with Gasteiger partial charge in [0.05, 0.1) is 0 Å². The first-order valence-corrected chi connectivity index (χ1v) is 10.8. The maximum Gasteiger partial charge on any atom is 0.345 e. The Bertz CT molecular complexity index is 900. The summed E-state index contributed by atoms with van der Waals surface area (Å²) in [6.45, 7) is 8.17. The van der Waals surface area contributed by atoms with Crippen molar-refractivity contribution >= 4 is 5.91 Å². The second kappa shape index (κ2) is 8.52. The third kappa shape index (κ3) is 4.44. The molecule has 1 amide bonds. The molecule has 2 aliphatic heterocycles. The first-order valence-electron chi connectivity index (χ1n) is 10.8. The van der Waals surface area contributed by atoms with Crippen LogP contribution in [0.25, 0.3) is 0 Å². The summed E-state index contributed by atoms with van der Waals surface area (Å²) in [6, 6.07) is 0.0240. The van der Waals surface area contributed by atoms with E-state index in [4.69, 9.17) is 0 Å². The molecule has 9 nitrogen and oxygen atoms in total. The first-order chi connectivity index (χ1) is 14.0. The molecular formula is C20H31N7O2. The number of carbonyl (C=O) groups is 1. The Kier molecular flexibility index (Phi) is 5.84. The zero-order valence-electron chi connectivity index (χ0n) is 17.4. The molecule has 9 heteroatoms. The van der Waals surface area contributed by atoms with Crippen LogP contribution in [0.3, 0.4) is 0 Å². The van der Waals surface area contributed by atoms with Crippen molar-refractivity contribution in [2.45, 2.75) is 71.6 Å². The summed E-state index contributed by atoms with van der Waals surface area (Å²) in [5.74, 6) is 2.20. The van der Waals surface area contributed by atoms with Gasteiger partial charge in [-0.1, -0.05) is 13.8 Å². The van der Waals surface area contributed by atoms with E-state index >= 15 is 0 Å². The minimum Gasteiger partial charge on any atom is -0.348 e. The molecule has 0 radical (unpaired) electrons. The van der Waals surface area contributed by atoms with Crippen LogP contribution in [-0.2, 0) is 32.5 Å². The lowest BCUT2D eigenvalue weighted by Gasteiger charge is -2.15. The monoisotopic (exact) mass is 401 g/mol. The molecule has 0 aromatic carbocycles. The number of nitrogens with one attached hydrogen (secondary N) is 2. The Labute approximate surface area is 170 Å². The van der Waals surface area contributed by atoms with Crippen molar-refractivity contribution in [3.05, 3.63) is 34.0 Å². The molecule has 2 N–H and O–H groups in total. The molecule has 0 saturated heterocycles. The third-order valence-electron chi connectivity index (χ3n) is 5.82. The molecule has 0 spiro atoms. The van der Waals surface area contributed by atoms with Gasteiger partial charge in [-0.25, -0.2) is 14.5 Å². The van der Waals surface area contributed by atoms with Crippen molar-refractivity contribution < 1.29 is 4.79 Å². The largest absolute Gasteiger partial charge is 0.348 e. The van der Waals surface area contributed by atoms with Crippen molar-refractivity contribution in [2.24, 2.45) is 5.92 Å². The van der Waals surface area contributed by atoms with E-state index in [1.807, 2.05) is 6.20 Å². The van der Waals surface area contributed by atoms with Gasteiger partial charge in [0.25, 0.3) is 5.91 Å². The van der Waals surface area contributed by atoms with E-state index in [9.17, 15) is 9.59 Å². The van der Waals surface area contributed by atoms with Gasteiger partial charge >= 0.3 is 5.69 Å². The van der Waals surface area contributed by atoms with Gasteiger partial charge in [-0.2, -0.15) is 5.10 Å². The molecule has 2 aromatic heterocycles. The second-order valence-electron chi connectivity index (χ2n) is 8.49. The van der Waals surface area contributed by atoms with Gasteiger partial charge in [0.1, 0.15) is 17.3 Å². The van der Waals surface area contributed by atoms with E-state index in [0.717, 1.165) is 57.0 Å². The van der Waals surface area contributed by atoms with Crippen molar-refractivity contribution in [1.82, 2.24) is 34.5 Å². The van der Waals surface area contributed by atoms with Crippen molar-refractivity contribution in [3.63, 3.8) is 0 Å². The molecule has 0 saturated carbocycles. The average molecular weight is 402 g/mol. The minimum absolute atomic E-state index is 0.0240. The maximum absolute atomic E-state index is 12.7. The van der Waals surface area contributed by atoms with E-state index in [-0.39, 0.29) is 17.6 Å². The topological polar surface area (TPSA) is 98.8 Å². The molecule has 2 aromatic rings. The van der Waals surface area contributed by atoms with Crippen molar-refractivity contribution in [3.8, 4) is 0 Å². The molecule has 2 aliphatic rings. The summed E-state index contributed by atoms with van der Waals surface area (Å²) in [5, 5.41) is 11.0. The molecule has 1 atom stereocenters. The highest BCUT2D eigenvalue weighted by Crippen LogP contribution is 2.14. The van der Waals surface area contributed by atoms with Gasteiger partial charge in [-0.15, -0.1) is 0 Å². The van der Waals surface area contributed by atoms with Crippen LogP contribution < -0.4 is 16.3 Å². The van der Waals surface area contributed by atoms with Crippen LogP contribution in [0, 0.1) is 5.92 Å². The summed E-state index contributed by atoms with van der Waals surface area (Å²) in [7, 11) is 0. The SMILES string of the molecule is CC(C)CCn1nc2n(c1=O)CCC(NC(=O)c1cn3c(n1)CCNCC3)CC2. The third-order valence-corrected chi connectivity index (χ3v) is 5.82. The van der Waals surface area contributed by atoms with Gasteiger partial charge in [-0.05, 0) is 25.2 Å². The molecular weight excluding hydrogens is 370 g/mol. The Balaban J connectivity index is 1.38. The number of hydrogen-bond acceptors (Lipinski definition) is 5. The molecule has 29 heavy (non-hydrogen) atoms. The smallest absolute Gasteiger partial charge is 0.345 e. The molecule has 1 unspecified atom stereocenters. The zero-order chi connectivity index (χ0) is 20.4. The summed E-state index contributed by atoms with van der Waals surface area (Å²) in [4.78, 5) is 29.9. The lowest BCUT2D eigenvalue weighted by molar-refractivity contribution is 0.0928. The normalized spacial score (nSPS) is 19.3. The predicted octanol–water partition coefficient (Wildman–Crippen LogP) is 0.568. The van der Waals surface area contributed by atoms with Crippen LogP contribution in [0.5, 0.6) is 0 Å². The number of nitrogens with zero attached hydrogens (tertiary/aromatic N) is 5. The summed E-state index contributed by atoms with van der Waals surface area (Å²) >= 11 is 0. The Hall–Kier alpha value is -2.42. The molecule has 0 bridgehead atoms. The zero-order valence-corrected chi connectivity index (χ0v) is 17.4. The molecule has 4 rings (SSSR count). The van der Waals surface area contributed by atoms with Crippen LogP contribution >= 0.6 is 0 Å². The average Bonchev–Trinajstić information content (AvgIpc) is 3.05. The molecule has 158 valence electrons. The van der Waals surface area contributed by atoms with Crippen LogP contribution in [0.2, 0.25) is 0 Å². The highest BCUT2D eigenvalue weighted by molar-refractivity contribution is 5.92. The summed E-state index contributed by atoms with van der Waals surface area (Å²) in [5.41, 5.74) is 0.457. The Morgan fingerprint density at radius 2 is 2.10 bits per heavy atom. The number of rotatable bonds is 5. The van der Waals surface area contributed by atoms with E-state index in [1.54, 1.807) is 9.25 Å². The van der Waals surface area contributed by atoms with Crippen molar-refractivity contribution in [2.75, 3.05) is 13.1 Å². The number of hydrogen-bond donors (Lipinski definition) is 2. The fourth-order valence-corrected chi connectivity index (χ4v) is 4.04. The summed E-state index contributed by atoms with van der Waals surface area (Å²) in [6.07, 6.45) is 5.84. The second-order valence-corrected chi connectivity index (χ2v) is 8.49. The Morgan fingerprint density at radius 1 is 1.24 bits per heavy atom. The van der Waals surface area contributed by atoms with Crippen LogP contribution in [0.1, 0.15) is 55.2 Å². The number of imidazole rings is 1. The number of aromatic nitrogens is 5. The highest BCUT2D eigenvalue weighted by Gasteiger charge is 2.24. The van der Waals surface area contributed by atoms with E-state index in [2.05, 4.69) is 39.1 Å². The Morgan fingerprint density at radius 3 is 2.93 bits per heavy atom. The molecule has 0 fully saturated rings. The van der Waals surface area contributed by atoms with Gasteiger partial charge in [-0.3, -0.25) is 9.36 Å². The van der Waals surface area contributed by atoms with Gasteiger partial charge in [0.15, 0.2) is 0 Å². The van der Waals surface area contributed by atoms with E-state index in [0.29, 0.717) is 31.1 Å². The number of carbonyl (C=O) groups excluding carboxylic acids is 1. The maximum atomic E-state index is 12.7. The first kappa shape index (κ1) is 19.9. The fourth-order valence-electron chi connectivity index (χ4n) is 4.04. The van der Waals surface area contributed by atoms with Crippen molar-refractivity contribution in [1.29, 1.82) is 0 Å². The lowest BCUT2D eigenvalue weighted by Crippen LogP contribution is -2.36. The van der Waals surface area contributed by atoms with Crippen LogP contribution in [0.15, 0.2) is 11.0 Å². The quantitative estimate of drug-likeness (QED) is 0.763. The van der Waals surface area contributed by atoms with Gasteiger partial charge < -0.3 is 15.2 Å². The number of aryl methyl sites for hydroxylation is 2. The van der Waals surface area contributed by atoms with Gasteiger partial charge in [0, 0.05) is 57.8 Å². The van der Waals surface area contributed by atoms with Crippen LogP contribution in [-0.4, -0.2) is 48.9 Å². The predicted molar refractivity (Wildman–Crippen MR) is 109 cm³/mol. The molecule has 4 heterocycles. The van der Waals surface area contributed by atoms with E-state index < -0.39 is 0 Å². The fraction of sp³-hybridized carbons (Fsp3) is 0.700. The standard InChI is InChI=1S/C20H31N7O2/c1-14(2)6-11-27-20(29)26-10-7-15(3-4-18(26)24-27)22-19(28)16-13-25-12-9-21-8-5-17(25)23-16/h13-15,21H,3-12H2,1-2H3,(H,22,28). The number of fused-ring (bicyclic) bond motifs is 2. The van der Waals surface area contributed by atoms with Crippen LogP contribution in [0.4, 0.5) is 0 Å². The highest BCUT2D eigenvalue weighted by atomic mass is 16.2. The lowest BCUT2D eigenvalue weighted by atomic mass is 10.1. The van der Waals surface area contributed by atoms with Gasteiger partial charge in [0.2, 0.25) is 0 Å². The molecule has 0 aliphatic carbocycles. The summed E-state index contributed by atoms with van der Waals surface area (Å²) < 4.78 is 5.44. The number of amides is 1. The van der Waals surface area contributed by atoms with E-state index in [1.165, 1.54) is 0 Å². The minimum atomic E-state index is -0.127.